The number of nitrogens with one attached hydrogen (secondary N) is 1. The first kappa shape index (κ1) is 14.2. The summed E-state index contributed by atoms with van der Waals surface area (Å²) < 4.78 is 0. The largest absolute Gasteiger partial charge is 0.316 e. The van der Waals surface area contributed by atoms with E-state index in [4.69, 9.17) is 0 Å². The van der Waals surface area contributed by atoms with Crippen molar-refractivity contribution in [3.63, 3.8) is 0 Å². The van der Waals surface area contributed by atoms with Crippen LogP contribution in [-0.2, 0) is 6.54 Å². The second kappa shape index (κ2) is 6.27. The molecule has 0 radical (unpaired) electrons. The number of hydrogen-bond donors (Lipinski definition) is 1. The molecule has 0 amide bonds. The van der Waals surface area contributed by atoms with Crippen molar-refractivity contribution >= 4 is 11.8 Å². The van der Waals surface area contributed by atoms with Gasteiger partial charge in [-0.15, -0.1) is 0 Å². The van der Waals surface area contributed by atoms with Crippen LogP contribution in [0.1, 0.15) is 22.3 Å². The maximum atomic E-state index is 3.25. The van der Waals surface area contributed by atoms with Gasteiger partial charge < -0.3 is 5.32 Å². The molecule has 0 aliphatic heterocycles. The lowest BCUT2D eigenvalue weighted by atomic mass is 10.1. The van der Waals surface area contributed by atoms with E-state index in [0.717, 1.165) is 6.54 Å². The molecule has 0 spiro atoms. The first-order valence-corrected chi connectivity index (χ1v) is 7.41. The van der Waals surface area contributed by atoms with E-state index in [0.29, 0.717) is 0 Å². The highest BCUT2D eigenvalue weighted by molar-refractivity contribution is 7.99. The topological polar surface area (TPSA) is 12.0 Å². The molecule has 0 aromatic heterocycles. The summed E-state index contributed by atoms with van der Waals surface area (Å²) in [4.78, 5) is 2.68. The third kappa shape index (κ3) is 3.62. The Morgan fingerprint density at radius 3 is 2.16 bits per heavy atom. The summed E-state index contributed by atoms with van der Waals surface area (Å²) in [5, 5.41) is 3.25. The number of benzene rings is 2. The van der Waals surface area contributed by atoms with Gasteiger partial charge in [0, 0.05) is 16.3 Å². The van der Waals surface area contributed by atoms with Crippen LogP contribution in [0.3, 0.4) is 0 Å². The monoisotopic (exact) mass is 271 g/mol. The summed E-state index contributed by atoms with van der Waals surface area (Å²) in [6.45, 7) is 7.38. The van der Waals surface area contributed by atoms with Crippen molar-refractivity contribution in [3.8, 4) is 0 Å². The predicted molar refractivity (Wildman–Crippen MR) is 84.0 cm³/mol. The molecule has 0 saturated carbocycles. The van der Waals surface area contributed by atoms with E-state index in [-0.39, 0.29) is 0 Å². The van der Waals surface area contributed by atoms with E-state index in [1.807, 2.05) is 18.8 Å². The van der Waals surface area contributed by atoms with Gasteiger partial charge in [-0.1, -0.05) is 47.2 Å². The van der Waals surface area contributed by atoms with Gasteiger partial charge in [-0.3, -0.25) is 0 Å². The smallest absolute Gasteiger partial charge is 0.0213 e. The Labute approximate surface area is 120 Å². The maximum absolute atomic E-state index is 3.25. The molecule has 0 heterocycles. The van der Waals surface area contributed by atoms with Gasteiger partial charge in [-0.25, -0.2) is 0 Å². The van der Waals surface area contributed by atoms with Gasteiger partial charge in [0.25, 0.3) is 0 Å². The zero-order chi connectivity index (χ0) is 13.8. The Balaban J connectivity index is 2.32. The molecule has 0 aliphatic rings. The van der Waals surface area contributed by atoms with Crippen molar-refractivity contribution in [2.75, 3.05) is 7.05 Å². The molecule has 0 unspecified atom stereocenters. The first-order valence-electron chi connectivity index (χ1n) is 6.59. The summed E-state index contributed by atoms with van der Waals surface area (Å²) in [5.74, 6) is 0. The maximum Gasteiger partial charge on any atom is 0.0213 e. The van der Waals surface area contributed by atoms with Crippen molar-refractivity contribution in [1.29, 1.82) is 0 Å². The van der Waals surface area contributed by atoms with Crippen LogP contribution in [0.5, 0.6) is 0 Å². The fraction of sp³-hybridized carbons (Fsp3) is 0.294. The van der Waals surface area contributed by atoms with Crippen molar-refractivity contribution in [2.24, 2.45) is 0 Å². The second-order valence-electron chi connectivity index (χ2n) is 5.01. The average Bonchev–Trinajstić information content (AvgIpc) is 2.36. The quantitative estimate of drug-likeness (QED) is 0.879. The van der Waals surface area contributed by atoms with Crippen LogP contribution in [0.15, 0.2) is 46.2 Å². The fourth-order valence-corrected chi connectivity index (χ4v) is 3.16. The van der Waals surface area contributed by atoms with Gasteiger partial charge in [0.05, 0.1) is 0 Å². The van der Waals surface area contributed by atoms with E-state index >= 15 is 0 Å². The van der Waals surface area contributed by atoms with Crippen LogP contribution in [0, 0.1) is 20.8 Å². The Kier molecular flexibility index (Phi) is 4.67. The molecular formula is C17H21NS. The molecule has 2 aromatic carbocycles. The molecular weight excluding hydrogens is 250 g/mol. The molecule has 0 atom stereocenters. The molecule has 1 N–H and O–H groups in total. The molecule has 0 fully saturated rings. The number of aryl methyl sites for hydroxylation is 3. The predicted octanol–water partition coefficient (Wildman–Crippen LogP) is 4.48. The summed E-state index contributed by atoms with van der Waals surface area (Å²) in [7, 11) is 1.99. The Morgan fingerprint density at radius 1 is 0.895 bits per heavy atom. The van der Waals surface area contributed by atoms with E-state index in [1.54, 1.807) is 0 Å². The molecule has 2 rings (SSSR count). The lowest BCUT2D eigenvalue weighted by Crippen LogP contribution is -2.06. The normalized spacial score (nSPS) is 10.7. The van der Waals surface area contributed by atoms with E-state index in [2.05, 4.69) is 62.5 Å². The first-order chi connectivity index (χ1) is 9.10. The molecule has 1 nitrogen and oxygen atoms in total. The van der Waals surface area contributed by atoms with E-state index < -0.39 is 0 Å². The van der Waals surface area contributed by atoms with Crippen molar-refractivity contribution in [3.05, 3.63) is 58.7 Å². The van der Waals surface area contributed by atoms with E-state index in [9.17, 15) is 0 Å². The van der Waals surface area contributed by atoms with Gasteiger partial charge in [0.1, 0.15) is 0 Å². The Hall–Kier alpha value is -1.25. The standard InChI is InChI=1S/C17H21NS/c1-12-5-7-16(14(3)9-12)19-17-8-6-13(2)10-15(17)11-18-4/h5-10,18H,11H2,1-4H3. The Morgan fingerprint density at radius 2 is 1.53 bits per heavy atom. The molecule has 0 bridgehead atoms. The molecule has 2 heteroatoms. The summed E-state index contributed by atoms with van der Waals surface area (Å²) >= 11 is 1.86. The van der Waals surface area contributed by atoms with Gasteiger partial charge in [-0.05, 0) is 51.1 Å². The third-order valence-corrected chi connectivity index (χ3v) is 4.43. The summed E-state index contributed by atoms with van der Waals surface area (Å²) in [5.41, 5.74) is 5.35. The number of rotatable bonds is 4. The second-order valence-corrected chi connectivity index (χ2v) is 6.10. The van der Waals surface area contributed by atoms with Crippen LogP contribution in [0.2, 0.25) is 0 Å². The average molecular weight is 271 g/mol. The van der Waals surface area contributed by atoms with Gasteiger partial charge in [0.15, 0.2) is 0 Å². The summed E-state index contributed by atoms with van der Waals surface area (Å²) in [6.07, 6.45) is 0. The van der Waals surface area contributed by atoms with Crippen molar-refractivity contribution < 1.29 is 0 Å². The van der Waals surface area contributed by atoms with Gasteiger partial charge in [0.2, 0.25) is 0 Å². The fourth-order valence-electron chi connectivity index (χ4n) is 2.17. The molecule has 19 heavy (non-hydrogen) atoms. The van der Waals surface area contributed by atoms with Crippen LogP contribution in [0.25, 0.3) is 0 Å². The van der Waals surface area contributed by atoms with Gasteiger partial charge >= 0.3 is 0 Å². The lowest BCUT2D eigenvalue weighted by Gasteiger charge is -2.12. The molecule has 0 saturated heterocycles. The van der Waals surface area contributed by atoms with Crippen LogP contribution < -0.4 is 5.32 Å². The lowest BCUT2D eigenvalue weighted by molar-refractivity contribution is 0.802. The van der Waals surface area contributed by atoms with Crippen LogP contribution >= 0.6 is 11.8 Å². The van der Waals surface area contributed by atoms with Crippen molar-refractivity contribution in [2.45, 2.75) is 37.1 Å². The highest BCUT2D eigenvalue weighted by Crippen LogP contribution is 2.33. The molecule has 100 valence electrons. The third-order valence-electron chi connectivity index (χ3n) is 3.13. The van der Waals surface area contributed by atoms with Crippen molar-refractivity contribution in [1.82, 2.24) is 5.32 Å². The Bertz CT molecular complexity index is 575. The highest BCUT2D eigenvalue weighted by Gasteiger charge is 2.06. The molecule has 2 aromatic rings. The molecule has 0 aliphatic carbocycles. The van der Waals surface area contributed by atoms with Crippen LogP contribution in [0.4, 0.5) is 0 Å². The highest BCUT2D eigenvalue weighted by atomic mass is 32.2. The minimum atomic E-state index is 0.912. The zero-order valence-electron chi connectivity index (χ0n) is 12.1. The zero-order valence-corrected chi connectivity index (χ0v) is 12.9. The van der Waals surface area contributed by atoms with Gasteiger partial charge in [-0.2, -0.15) is 0 Å². The number of hydrogen-bond acceptors (Lipinski definition) is 2. The minimum Gasteiger partial charge on any atom is -0.316 e. The SMILES string of the molecule is CNCc1cc(C)ccc1Sc1ccc(C)cc1C. The van der Waals surface area contributed by atoms with Crippen LogP contribution in [-0.4, -0.2) is 7.05 Å². The van der Waals surface area contributed by atoms with E-state index in [1.165, 1.54) is 32.0 Å². The summed E-state index contributed by atoms with van der Waals surface area (Å²) in [6, 6.07) is 13.3. The minimum absolute atomic E-state index is 0.912.